The molecule has 5 N–H and O–H groups in total. The van der Waals surface area contributed by atoms with E-state index < -0.39 is 10.9 Å². The number of para-hydroxylation sites is 1. The first kappa shape index (κ1) is 21.4. The Morgan fingerprint density at radius 3 is 2.50 bits per heavy atom. The number of nitrogens with one attached hydrogen (secondary N) is 3. The average molecular weight is 470 g/mol. The quantitative estimate of drug-likeness (QED) is 0.265. The van der Waals surface area contributed by atoms with Crippen LogP contribution in [0.4, 0.5) is 28.4 Å². The molecule has 0 radical (unpaired) electrons. The van der Waals surface area contributed by atoms with Gasteiger partial charge < -0.3 is 21.7 Å². The first-order valence-electron chi connectivity index (χ1n) is 10.4. The van der Waals surface area contributed by atoms with Crippen molar-refractivity contribution in [3.05, 3.63) is 103 Å². The second kappa shape index (κ2) is 8.80. The number of pyridine rings is 1. The molecule has 2 aromatic heterocycles. The number of benzene rings is 2. The van der Waals surface area contributed by atoms with E-state index in [2.05, 4.69) is 20.9 Å². The van der Waals surface area contributed by atoms with Crippen LogP contribution in [0.2, 0.25) is 0 Å². The van der Waals surface area contributed by atoms with Crippen LogP contribution in [0, 0.1) is 0 Å². The summed E-state index contributed by atoms with van der Waals surface area (Å²) in [6, 6.07) is 18.6. The van der Waals surface area contributed by atoms with Crippen molar-refractivity contribution in [3.63, 3.8) is 0 Å². The molecular weight excluding hydrogens is 450 g/mol. The zero-order valence-corrected chi connectivity index (χ0v) is 18.6. The molecule has 2 heterocycles. The summed E-state index contributed by atoms with van der Waals surface area (Å²) >= 11 is 1.35. The Bertz CT molecular complexity index is 1580. The molecule has 0 bridgehead atoms. The van der Waals surface area contributed by atoms with Gasteiger partial charge in [-0.15, -0.1) is 11.3 Å². The molecule has 5 aromatic rings. The van der Waals surface area contributed by atoms with Crippen molar-refractivity contribution < 1.29 is 4.79 Å². The van der Waals surface area contributed by atoms with Gasteiger partial charge in [-0.1, -0.05) is 18.2 Å². The highest BCUT2D eigenvalue weighted by Crippen LogP contribution is 2.26. The highest BCUT2D eigenvalue weighted by Gasteiger charge is 2.18. The van der Waals surface area contributed by atoms with E-state index in [9.17, 15) is 14.4 Å². The van der Waals surface area contributed by atoms with Crippen LogP contribution in [0.5, 0.6) is 0 Å². The topological polar surface area (TPSA) is 126 Å². The van der Waals surface area contributed by atoms with Crippen LogP contribution >= 0.6 is 11.3 Å². The second-order valence-corrected chi connectivity index (χ2v) is 8.52. The van der Waals surface area contributed by atoms with E-state index in [1.807, 2.05) is 41.8 Å². The van der Waals surface area contributed by atoms with Crippen LogP contribution in [-0.4, -0.2) is 10.9 Å². The molecule has 0 aliphatic heterocycles. The lowest BCUT2D eigenvalue weighted by atomic mass is 10.1. The zero-order chi connectivity index (χ0) is 23.7. The number of carbonyl (C=O) groups excluding carboxylic acids is 1. The summed E-state index contributed by atoms with van der Waals surface area (Å²) in [5, 5.41) is 12.0. The van der Waals surface area contributed by atoms with Crippen LogP contribution in [0.25, 0.3) is 10.9 Å². The maximum atomic E-state index is 12.9. The van der Waals surface area contributed by atoms with E-state index in [1.54, 1.807) is 30.5 Å². The SMILES string of the molecule is Nc1c(Nc2ccc(NC(=O)c3sccc3NCc3ccnc4ccccc34)cc2)c(=O)c1=O. The fourth-order valence-electron chi connectivity index (χ4n) is 3.63. The molecule has 0 aliphatic carbocycles. The Morgan fingerprint density at radius 1 is 0.941 bits per heavy atom. The Hall–Kier alpha value is -4.50. The summed E-state index contributed by atoms with van der Waals surface area (Å²) in [6.45, 7) is 0.556. The summed E-state index contributed by atoms with van der Waals surface area (Å²) in [4.78, 5) is 40.6. The molecular formula is C25H19N5O3S. The highest BCUT2D eigenvalue weighted by atomic mass is 32.1. The third-order valence-corrected chi connectivity index (χ3v) is 6.35. The maximum Gasteiger partial charge on any atom is 0.267 e. The number of carbonyl (C=O) groups is 1. The first-order valence-corrected chi connectivity index (χ1v) is 11.3. The fraction of sp³-hybridized carbons (Fsp3) is 0.0400. The molecule has 3 aromatic carbocycles. The zero-order valence-electron chi connectivity index (χ0n) is 17.8. The van der Waals surface area contributed by atoms with Gasteiger partial charge in [-0.25, -0.2) is 0 Å². The molecule has 0 spiro atoms. The van der Waals surface area contributed by atoms with E-state index >= 15 is 0 Å². The minimum Gasteiger partial charge on any atom is -0.394 e. The first-order chi connectivity index (χ1) is 16.5. The largest absolute Gasteiger partial charge is 0.394 e. The van der Waals surface area contributed by atoms with Gasteiger partial charge in [0.2, 0.25) is 0 Å². The van der Waals surface area contributed by atoms with Gasteiger partial charge in [-0.2, -0.15) is 0 Å². The van der Waals surface area contributed by atoms with E-state index in [0.29, 0.717) is 22.8 Å². The number of anilines is 5. The van der Waals surface area contributed by atoms with Gasteiger partial charge in [0.15, 0.2) is 0 Å². The maximum absolute atomic E-state index is 12.9. The number of amides is 1. The smallest absolute Gasteiger partial charge is 0.267 e. The number of hydrogen-bond acceptors (Lipinski definition) is 8. The van der Waals surface area contributed by atoms with Gasteiger partial charge in [-0.3, -0.25) is 19.4 Å². The van der Waals surface area contributed by atoms with Crippen molar-refractivity contribution in [2.75, 3.05) is 21.7 Å². The van der Waals surface area contributed by atoms with Gasteiger partial charge in [0, 0.05) is 29.5 Å². The van der Waals surface area contributed by atoms with Crippen molar-refractivity contribution in [1.29, 1.82) is 0 Å². The predicted octanol–water partition coefficient (Wildman–Crippen LogP) is 4.08. The molecule has 0 fully saturated rings. The second-order valence-electron chi connectivity index (χ2n) is 7.61. The third-order valence-electron chi connectivity index (χ3n) is 5.44. The molecule has 8 nitrogen and oxygen atoms in total. The number of nitrogen functional groups attached to an aromatic ring is 1. The number of nitrogens with two attached hydrogens (primary N) is 1. The molecule has 1 amide bonds. The van der Waals surface area contributed by atoms with E-state index in [0.717, 1.165) is 22.2 Å². The third kappa shape index (κ3) is 4.00. The molecule has 0 aliphatic rings. The average Bonchev–Trinajstić information content (AvgIpc) is 3.35. The number of fused-ring (bicyclic) bond motifs is 1. The van der Waals surface area contributed by atoms with Crippen molar-refractivity contribution in [2.24, 2.45) is 0 Å². The van der Waals surface area contributed by atoms with Crippen LogP contribution in [0.3, 0.4) is 0 Å². The van der Waals surface area contributed by atoms with Gasteiger partial charge >= 0.3 is 0 Å². The number of thiophene rings is 1. The number of nitrogens with zero attached hydrogens (tertiary/aromatic N) is 1. The number of hydrogen-bond donors (Lipinski definition) is 4. The van der Waals surface area contributed by atoms with Gasteiger partial charge in [0.1, 0.15) is 16.3 Å². The summed E-state index contributed by atoms with van der Waals surface area (Å²) in [6.07, 6.45) is 1.78. The van der Waals surface area contributed by atoms with Crippen LogP contribution in [0.15, 0.2) is 81.8 Å². The summed E-state index contributed by atoms with van der Waals surface area (Å²) < 4.78 is 0. The van der Waals surface area contributed by atoms with Crippen LogP contribution in [-0.2, 0) is 6.54 Å². The molecule has 34 heavy (non-hydrogen) atoms. The van der Waals surface area contributed by atoms with Crippen molar-refractivity contribution in [3.8, 4) is 0 Å². The van der Waals surface area contributed by atoms with Gasteiger partial charge in [0.05, 0.1) is 11.2 Å². The minimum absolute atomic E-state index is 0.0696. The predicted molar refractivity (Wildman–Crippen MR) is 137 cm³/mol. The Kier molecular flexibility index (Phi) is 5.52. The lowest BCUT2D eigenvalue weighted by molar-refractivity contribution is 0.103. The lowest BCUT2D eigenvalue weighted by Crippen LogP contribution is -2.36. The monoisotopic (exact) mass is 469 g/mol. The van der Waals surface area contributed by atoms with Gasteiger partial charge in [-0.05, 0) is 53.4 Å². The minimum atomic E-state index is -0.677. The molecule has 9 heteroatoms. The van der Waals surface area contributed by atoms with E-state index in [4.69, 9.17) is 5.73 Å². The summed E-state index contributed by atoms with van der Waals surface area (Å²) in [5.41, 5.74) is 8.20. The molecule has 0 atom stereocenters. The lowest BCUT2D eigenvalue weighted by Gasteiger charge is -2.12. The van der Waals surface area contributed by atoms with Crippen LogP contribution < -0.4 is 32.5 Å². The van der Waals surface area contributed by atoms with E-state index in [-0.39, 0.29) is 17.3 Å². The van der Waals surface area contributed by atoms with Crippen molar-refractivity contribution in [2.45, 2.75) is 6.54 Å². The molecule has 0 saturated carbocycles. The Labute approximate surface area is 197 Å². The normalized spacial score (nSPS) is 10.9. The Balaban J connectivity index is 1.25. The highest BCUT2D eigenvalue weighted by molar-refractivity contribution is 7.12. The molecule has 168 valence electrons. The molecule has 5 rings (SSSR count). The number of rotatable bonds is 7. The van der Waals surface area contributed by atoms with Gasteiger partial charge in [0.25, 0.3) is 16.8 Å². The molecule has 0 saturated heterocycles. The summed E-state index contributed by atoms with van der Waals surface area (Å²) in [5.74, 6) is -0.232. The molecule has 0 unspecified atom stereocenters. The standard InChI is InChI=1S/C25H19N5O3S/c26-20-21(23(32)22(20)31)29-15-5-7-16(8-6-15)30-25(33)24-19(10-12-34-24)28-13-14-9-11-27-18-4-2-1-3-17(14)18/h1-12,28-29H,13,26H2,(H,30,33). The van der Waals surface area contributed by atoms with Crippen molar-refractivity contribution in [1.82, 2.24) is 4.98 Å². The van der Waals surface area contributed by atoms with Crippen LogP contribution in [0.1, 0.15) is 15.2 Å². The fourth-order valence-corrected chi connectivity index (χ4v) is 4.39. The summed E-state index contributed by atoms with van der Waals surface area (Å²) in [7, 11) is 0. The number of aromatic nitrogens is 1. The Morgan fingerprint density at radius 2 is 1.71 bits per heavy atom. The van der Waals surface area contributed by atoms with E-state index in [1.165, 1.54) is 11.3 Å². The van der Waals surface area contributed by atoms with Crippen molar-refractivity contribution >= 4 is 56.6 Å².